The predicted octanol–water partition coefficient (Wildman–Crippen LogP) is 2.78. The second-order valence-corrected chi connectivity index (χ2v) is 5.33. The number of hydrogen-bond donors (Lipinski definition) is 2. The summed E-state index contributed by atoms with van der Waals surface area (Å²) in [6.45, 7) is 5.87. The highest BCUT2D eigenvalue weighted by Crippen LogP contribution is 2.08. The maximum atomic E-state index is 9.78. The molecule has 1 aromatic carbocycles. The van der Waals surface area contributed by atoms with E-state index >= 15 is 0 Å². The molecule has 0 spiro atoms. The van der Waals surface area contributed by atoms with Crippen LogP contribution in [-0.4, -0.2) is 31.0 Å². The van der Waals surface area contributed by atoms with E-state index in [2.05, 4.69) is 25.2 Å². The molecule has 1 unspecified atom stereocenters. The van der Waals surface area contributed by atoms with Gasteiger partial charge in [-0.15, -0.1) is 0 Å². The highest BCUT2D eigenvalue weighted by atomic mass is 16.5. The third kappa shape index (κ3) is 7.13. The Kier molecular flexibility index (Phi) is 7.71. The molecule has 0 radical (unpaired) electrons. The maximum Gasteiger partial charge on any atom is 0.0991 e. The van der Waals surface area contributed by atoms with Gasteiger partial charge in [-0.2, -0.15) is 5.26 Å². The van der Waals surface area contributed by atoms with Crippen LogP contribution in [0.4, 0.5) is 5.69 Å². The van der Waals surface area contributed by atoms with Crippen molar-refractivity contribution in [1.29, 1.82) is 5.26 Å². The molecule has 4 heteroatoms. The lowest BCUT2D eigenvalue weighted by atomic mass is 10.1. The van der Waals surface area contributed by atoms with Crippen LogP contribution in [0.1, 0.15) is 32.3 Å². The number of benzene rings is 1. The molecule has 1 rings (SSSR count). The molecule has 0 aromatic heterocycles. The molecule has 1 aromatic rings. The number of nitriles is 1. The van der Waals surface area contributed by atoms with Gasteiger partial charge in [0.1, 0.15) is 0 Å². The van der Waals surface area contributed by atoms with Crippen LogP contribution in [-0.2, 0) is 4.74 Å². The number of aliphatic hydroxyl groups excluding tert-OH is 1. The Bertz CT molecular complexity index is 409. The van der Waals surface area contributed by atoms with Crippen LogP contribution in [0.25, 0.3) is 0 Å². The zero-order chi connectivity index (χ0) is 14.8. The predicted molar refractivity (Wildman–Crippen MR) is 80.5 cm³/mol. The van der Waals surface area contributed by atoms with E-state index in [0.717, 1.165) is 18.5 Å². The molecule has 0 saturated carbocycles. The Labute approximate surface area is 121 Å². The van der Waals surface area contributed by atoms with Gasteiger partial charge < -0.3 is 15.2 Å². The number of nitrogens with one attached hydrogen (secondary N) is 1. The van der Waals surface area contributed by atoms with E-state index in [0.29, 0.717) is 31.2 Å². The molecular formula is C16H24N2O2. The number of ether oxygens (including phenoxy) is 1. The molecule has 0 bridgehead atoms. The molecule has 0 amide bonds. The lowest BCUT2D eigenvalue weighted by molar-refractivity contribution is 0.0409. The van der Waals surface area contributed by atoms with Crippen molar-refractivity contribution in [2.45, 2.75) is 32.8 Å². The van der Waals surface area contributed by atoms with Crippen LogP contribution in [0.15, 0.2) is 24.3 Å². The molecule has 0 heterocycles. The summed E-state index contributed by atoms with van der Waals surface area (Å²) in [7, 11) is 0. The van der Waals surface area contributed by atoms with Crippen molar-refractivity contribution in [1.82, 2.24) is 0 Å². The molecule has 4 nitrogen and oxygen atoms in total. The average molecular weight is 276 g/mol. The molecular weight excluding hydrogens is 252 g/mol. The topological polar surface area (TPSA) is 65.3 Å². The lowest BCUT2D eigenvalue weighted by Gasteiger charge is -2.13. The maximum absolute atomic E-state index is 9.78. The number of aliphatic hydroxyl groups is 1. The molecule has 1 atom stereocenters. The Morgan fingerprint density at radius 3 is 2.60 bits per heavy atom. The van der Waals surface area contributed by atoms with Gasteiger partial charge in [0, 0.05) is 18.8 Å². The fraction of sp³-hybridized carbons (Fsp3) is 0.562. The first kappa shape index (κ1) is 16.5. The first-order valence-electron chi connectivity index (χ1n) is 7.11. The summed E-state index contributed by atoms with van der Waals surface area (Å²) in [6, 6.07) is 9.22. The zero-order valence-electron chi connectivity index (χ0n) is 12.3. The van der Waals surface area contributed by atoms with E-state index in [1.54, 1.807) is 12.1 Å². The number of nitrogens with zero attached hydrogens (tertiary/aromatic N) is 1. The van der Waals surface area contributed by atoms with E-state index in [1.807, 2.05) is 12.1 Å². The van der Waals surface area contributed by atoms with Crippen LogP contribution in [0.2, 0.25) is 0 Å². The summed E-state index contributed by atoms with van der Waals surface area (Å²) >= 11 is 0. The highest BCUT2D eigenvalue weighted by molar-refractivity contribution is 5.47. The zero-order valence-corrected chi connectivity index (χ0v) is 12.3. The van der Waals surface area contributed by atoms with E-state index in [9.17, 15) is 5.11 Å². The quantitative estimate of drug-likeness (QED) is 0.681. The van der Waals surface area contributed by atoms with Crippen molar-refractivity contribution in [2.75, 3.05) is 25.1 Å². The van der Waals surface area contributed by atoms with E-state index in [-0.39, 0.29) is 0 Å². The molecule has 0 aliphatic rings. The van der Waals surface area contributed by atoms with Gasteiger partial charge in [-0.1, -0.05) is 13.8 Å². The Morgan fingerprint density at radius 1 is 1.30 bits per heavy atom. The number of rotatable bonds is 9. The van der Waals surface area contributed by atoms with Crippen molar-refractivity contribution < 1.29 is 9.84 Å². The second-order valence-electron chi connectivity index (χ2n) is 5.33. The van der Waals surface area contributed by atoms with Gasteiger partial charge in [0.05, 0.1) is 24.3 Å². The van der Waals surface area contributed by atoms with Crippen molar-refractivity contribution in [3.8, 4) is 6.07 Å². The van der Waals surface area contributed by atoms with Crippen molar-refractivity contribution >= 4 is 5.69 Å². The van der Waals surface area contributed by atoms with E-state index in [4.69, 9.17) is 10.00 Å². The fourth-order valence-electron chi connectivity index (χ4n) is 1.77. The summed E-state index contributed by atoms with van der Waals surface area (Å²) in [5.74, 6) is 0.696. The van der Waals surface area contributed by atoms with Crippen LogP contribution >= 0.6 is 0 Å². The van der Waals surface area contributed by atoms with Gasteiger partial charge in [0.2, 0.25) is 0 Å². The SMILES string of the molecule is CC(C)CCCOCC(O)CNc1ccc(C#N)cc1. The van der Waals surface area contributed by atoms with Crippen LogP contribution < -0.4 is 5.32 Å². The number of anilines is 1. The smallest absolute Gasteiger partial charge is 0.0991 e. The summed E-state index contributed by atoms with van der Waals surface area (Å²) in [6.07, 6.45) is 1.66. The number of hydrogen-bond acceptors (Lipinski definition) is 4. The van der Waals surface area contributed by atoms with Crippen LogP contribution in [0.5, 0.6) is 0 Å². The molecule has 20 heavy (non-hydrogen) atoms. The van der Waals surface area contributed by atoms with Gasteiger partial charge >= 0.3 is 0 Å². The van der Waals surface area contributed by atoms with Gasteiger partial charge in [-0.25, -0.2) is 0 Å². The van der Waals surface area contributed by atoms with Gasteiger partial charge in [-0.3, -0.25) is 0 Å². The molecule has 0 fully saturated rings. The normalized spacial score (nSPS) is 12.2. The minimum absolute atomic E-state index is 0.349. The van der Waals surface area contributed by atoms with Gasteiger partial charge in [0.25, 0.3) is 0 Å². The Hall–Kier alpha value is -1.57. The highest BCUT2D eigenvalue weighted by Gasteiger charge is 2.04. The van der Waals surface area contributed by atoms with Crippen molar-refractivity contribution in [3.05, 3.63) is 29.8 Å². The first-order chi connectivity index (χ1) is 9.61. The summed E-state index contributed by atoms with van der Waals surface area (Å²) in [5.41, 5.74) is 1.52. The molecule has 2 N–H and O–H groups in total. The van der Waals surface area contributed by atoms with Crippen LogP contribution in [0.3, 0.4) is 0 Å². The summed E-state index contributed by atoms with van der Waals surface area (Å²) in [5, 5.41) is 21.6. The average Bonchev–Trinajstić information content (AvgIpc) is 2.45. The van der Waals surface area contributed by atoms with Gasteiger partial charge in [-0.05, 0) is 43.0 Å². The molecule has 110 valence electrons. The molecule has 0 saturated heterocycles. The lowest BCUT2D eigenvalue weighted by Crippen LogP contribution is -2.25. The van der Waals surface area contributed by atoms with Crippen LogP contribution in [0, 0.1) is 17.2 Å². The Morgan fingerprint density at radius 2 is 2.00 bits per heavy atom. The summed E-state index contributed by atoms with van der Waals surface area (Å²) in [4.78, 5) is 0. The molecule has 0 aliphatic carbocycles. The van der Waals surface area contributed by atoms with E-state index in [1.165, 1.54) is 0 Å². The van der Waals surface area contributed by atoms with E-state index < -0.39 is 6.10 Å². The third-order valence-electron chi connectivity index (χ3n) is 2.94. The van der Waals surface area contributed by atoms with Crippen molar-refractivity contribution in [2.24, 2.45) is 5.92 Å². The van der Waals surface area contributed by atoms with Crippen molar-refractivity contribution in [3.63, 3.8) is 0 Å². The monoisotopic (exact) mass is 276 g/mol. The summed E-state index contributed by atoms with van der Waals surface area (Å²) < 4.78 is 5.44. The van der Waals surface area contributed by atoms with Gasteiger partial charge in [0.15, 0.2) is 0 Å². The largest absolute Gasteiger partial charge is 0.389 e. The standard InChI is InChI=1S/C16H24N2O2/c1-13(2)4-3-9-20-12-16(19)11-18-15-7-5-14(10-17)6-8-15/h5-8,13,16,18-19H,3-4,9,11-12H2,1-2H3. The first-order valence-corrected chi connectivity index (χ1v) is 7.11. The molecule has 0 aliphatic heterocycles. The minimum atomic E-state index is -0.523. The minimum Gasteiger partial charge on any atom is -0.389 e. The second kappa shape index (κ2) is 9.35. The fourth-order valence-corrected chi connectivity index (χ4v) is 1.77. The Balaban J connectivity index is 2.13. The third-order valence-corrected chi connectivity index (χ3v) is 2.94.